The number of rotatable bonds is 2. The fourth-order valence-electron chi connectivity index (χ4n) is 1.35. The predicted octanol–water partition coefficient (Wildman–Crippen LogP) is 2.31. The Balaban J connectivity index is 2.95. The summed E-state index contributed by atoms with van der Waals surface area (Å²) in [4.78, 5) is 15.7. The van der Waals surface area contributed by atoms with Crippen molar-refractivity contribution in [3.63, 3.8) is 0 Å². The first-order valence-corrected chi connectivity index (χ1v) is 4.58. The summed E-state index contributed by atoms with van der Waals surface area (Å²) in [6, 6.07) is 0. The van der Waals surface area contributed by atoms with E-state index in [4.69, 9.17) is 0 Å². The molecule has 2 heteroatoms. The summed E-state index contributed by atoms with van der Waals surface area (Å²) in [6.45, 7) is 6.46. The second kappa shape index (κ2) is 4.17. The second-order valence-corrected chi connectivity index (χ2v) is 3.24. The van der Waals surface area contributed by atoms with E-state index in [1.807, 2.05) is 32.9 Å². The lowest BCUT2D eigenvalue weighted by Gasteiger charge is -2.01. The van der Waals surface area contributed by atoms with Crippen molar-refractivity contribution in [1.29, 1.82) is 0 Å². The molecule has 13 heavy (non-hydrogen) atoms. The summed E-state index contributed by atoms with van der Waals surface area (Å²) < 4.78 is 0. The number of aliphatic imine (C=N–C) groups is 1. The number of hydrogen-bond acceptors (Lipinski definition) is 2. The standard InChI is InChI=1S/C11H15NO/c1-4-10(13)11-9(3)7-8(2)5-6-12-11/h5,7H,4,6H2,1-3H3. The Labute approximate surface area is 79.1 Å². The van der Waals surface area contributed by atoms with Gasteiger partial charge < -0.3 is 0 Å². The summed E-state index contributed by atoms with van der Waals surface area (Å²) >= 11 is 0. The van der Waals surface area contributed by atoms with Crippen molar-refractivity contribution in [3.05, 3.63) is 23.3 Å². The molecule has 0 saturated carbocycles. The van der Waals surface area contributed by atoms with Gasteiger partial charge in [-0.15, -0.1) is 0 Å². The minimum absolute atomic E-state index is 0.136. The van der Waals surface area contributed by atoms with Crippen LogP contribution in [0.25, 0.3) is 0 Å². The Hall–Kier alpha value is -1.18. The molecule has 0 aromatic heterocycles. The number of ketones is 1. The first-order valence-electron chi connectivity index (χ1n) is 4.58. The van der Waals surface area contributed by atoms with Crippen LogP contribution in [0.1, 0.15) is 27.2 Å². The van der Waals surface area contributed by atoms with E-state index in [1.54, 1.807) is 0 Å². The average molecular weight is 177 g/mol. The van der Waals surface area contributed by atoms with Gasteiger partial charge in [0.1, 0.15) is 5.71 Å². The monoisotopic (exact) mass is 177 g/mol. The molecule has 0 aliphatic carbocycles. The highest BCUT2D eigenvalue weighted by atomic mass is 16.1. The lowest BCUT2D eigenvalue weighted by molar-refractivity contribution is -0.112. The SMILES string of the molecule is CCC(=O)C1=NCC=C(C)C=C1C. The number of hydrogen-bond donors (Lipinski definition) is 0. The van der Waals surface area contributed by atoms with Crippen LogP contribution in [0.5, 0.6) is 0 Å². The van der Waals surface area contributed by atoms with E-state index >= 15 is 0 Å². The Morgan fingerprint density at radius 1 is 1.54 bits per heavy atom. The Kier molecular flexibility index (Phi) is 3.18. The maximum Gasteiger partial charge on any atom is 0.180 e. The molecule has 1 aliphatic heterocycles. The molecule has 0 radical (unpaired) electrons. The molecule has 0 N–H and O–H groups in total. The van der Waals surface area contributed by atoms with E-state index in [2.05, 4.69) is 4.99 Å². The van der Waals surface area contributed by atoms with Crippen LogP contribution in [-0.2, 0) is 4.79 Å². The van der Waals surface area contributed by atoms with Crippen LogP contribution in [0, 0.1) is 0 Å². The highest BCUT2D eigenvalue weighted by molar-refractivity contribution is 6.46. The molecule has 70 valence electrons. The second-order valence-electron chi connectivity index (χ2n) is 3.24. The molecule has 2 nitrogen and oxygen atoms in total. The van der Waals surface area contributed by atoms with Gasteiger partial charge in [-0.2, -0.15) is 0 Å². The van der Waals surface area contributed by atoms with E-state index < -0.39 is 0 Å². The van der Waals surface area contributed by atoms with E-state index in [0.717, 1.165) is 5.57 Å². The molecule has 0 bridgehead atoms. The van der Waals surface area contributed by atoms with Crippen LogP contribution in [0.2, 0.25) is 0 Å². The fourth-order valence-corrected chi connectivity index (χ4v) is 1.35. The third-order valence-corrected chi connectivity index (χ3v) is 2.07. The van der Waals surface area contributed by atoms with Crippen molar-refractivity contribution >= 4 is 11.5 Å². The molecule has 1 heterocycles. The van der Waals surface area contributed by atoms with Gasteiger partial charge in [0.2, 0.25) is 0 Å². The van der Waals surface area contributed by atoms with Crippen LogP contribution in [0.15, 0.2) is 28.3 Å². The van der Waals surface area contributed by atoms with E-state index in [9.17, 15) is 4.79 Å². The topological polar surface area (TPSA) is 29.4 Å². The lowest BCUT2D eigenvalue weighted by atomic mass is 10.1. The van der Waals surface area contributed by atoms with Gasteiger partial charge in [-0.1, -0.05) is 24.6 Å². The molecule has 0 spiro atoms. The van der Waals surface area contributed by atoms with Gasteiger partial charge in [-0.3, -0.25) is 9.79 Å². The van der Waals surface area contributed by atoms with Crippen LogP contribution >= 0.6 is 0 Å². The van der Waals surface area contributed by atoms with Crippen molar-refractivity contribution in [2.45, 2.75) is 27.2 Å². The molecule has 0 saturated heterocycles. The number of carbonyl (C=O) groups excluding carboxylic acids is 1. The van der Waals surface area contributed by atoms with Gasteiger partial charge in [0.05, 0.1) is 6.54 Å². The molecule has 0 unspecified atom stereocenters. The predicted molar refractivity (Wildman–Crippen MR) is 55.1 cm³/mol. The number of nitrogens with zero attached hydrogens (tertiary/aromatic N) is 1. The number of allylic oxidation sites excluding steroid dienone is 3. The zero-order valence-corrected chi connectivity index (χ0v) is 8.42. The molecular formula is C11H15NO. The maximum atomic E-state index is 11.4. The molecule has 0 amide bonds. The summed E-state index contributed by atoms with van der Waals surface area (Å²) in [5.74, 6) is 0.136. The minimum Gasteiger partial charge on any atom is -0.292 e. The van der Waals surface area contributed by atoms with E-state index in [-0.39, 0.29) is 5.78 Å². The average Bonchev–Trinajstić information content (AvgIpc) is 2.25. The molecule has 0 aromatic carbocycles. The maximum absolute atomic E-state index is 11.4. The molecule has 0 atom stereocenters. The third kappa shape index (κ3) is 2.38. The molecule has 1 rings (SSSR count). The van der Waals surface area contributed by atoms with Gasteiger partial charge in [0.15, 0.2) is 5.78 Å². The fraction of sp³-hybridized carbons (Fsp3) is 0.455. The molecule has 0 fully saturated rings. The molecular weight excluding hydrogens is 162 g/mol. The molecule has 0 aromatic rings. The van der Waals surface area contributed by atoms with Crippen LogP contribution < -0.4 is 0 Å². The Bertz CT molecular complexity index is 308. The molecule has 1 aliphatic rings. The van der Waals surface area contributed by atoms with Crippen molar-refractivity contribution in [2.75, 3.05) is 6.54 Å². The smallest absolute Gasteiger partial charge is 0.180 e. The quantitative estimate of drug-likeness (QED) is 0.636. The zero-order chi connectivity index (χ0) is 9.84. The van der Waals surface area contributed by atoms with Crippen molar-refractivity contribution in [1.82, 2.24) is 0 Å². The van der Waals surface area contributed by atoms with Crippen LogP contribution in [0.3, 0.4) is 0 Å². The van der Waals surface area contributed by atoms with Crippen LogP contribution in [-0.4, -0.2) is 18.0 Å². The highest BCUT2D eigenvalue weighted by Gasteiger charge is 2.11. The summed E-state index contributed by atoms with van der Waals surface area (Å²) in [7, 11) is 0. The van der Waals surface area contributed by atoms with Crippen LogP contribution in [0.4, 0.5) is 0 Å². The van der Waals surface area contributed by atoms with Crippen molar-refractivity contribution < 1.29 is 4.79 Å². The highest BCUT2D eigenvalue weighted by Crippen LogP contribution is 2.09. The van der Waals surface area contributed by atoms with Gasteiger partial charge in [-0.25, -0.2) is 0 Å². The summed E-state index contributed by atoms with van der Waals surface area (Å²) in [5.41, 5.74) is 2.81. The van der Waals surface area contributed by atoms with Gasteiger partial charge in [0, 0.05) is 6.42 Å². The van der Waals surface area contributed by atoms with E-state index in [1.165, 1.54) is 5.57 Å². The van der Waals surface area contributed by atoms with Gasteiger partial charge in [0.25, 0.3) is 0 Å². The first kappa shape index (κ1) is 9.90. The van der Waals surface area contributed by atoms with Gasteiger partial charge >= 0.3 is 0 Å². The van der Waals surface area contributed by atoms with Crippen molar-refractivity contribution in [3.8, 4) is 0 Å². The normalized spacial score (nSPS) is 17.0. The summed E-state index contributed by atoms with van der Waals surface area (Å²) in [6.07, 6.45) is 4.57. The first-order chi connectivity index (χ1) is 6.15. The van der Waals surface area contributed by atoms with E-state index in [0.29, 0.717) is 18.7 Å². The number of Topliss-reactive ketones (excluding diaryl/α,β-unsaturated/α-hetero) is 1. The zero-order valence-electron chi connectivity index (χ0n) is 8.42. The third-order valence-electron chi connectivity index (χ3n) is 2.07. The Morgan fingerprint density at radius 2 is 2.23 bits per heavy atom. The largest absolute Gasteiger partial charge is 0.292 e. The van der Waals surface area contributed by atoms with Crippen molar-refractivity contribution in [2.24, 2.45) is 4.99 Å². The summed E-state index contributed by atoms with van der Waals surface area (Å²) in [5, 5.41) is 0. The Morgan fingerprint density at radius 3 is 2.85 bits per heavy atom. The lowest BCUT2D eigenvalue weighted by Crippen LogP contribution is -2.14. The minimum atomic E-state index is 0.136. The number of carbonyl (C=O) groups is 1. The van der Waals surface area contributed by atoms with Gasteiger partial charge in [-0.05, 0) is 19.4 Å².